The number of sulfonamides is 1. The molecule has 1 N–H and O–H groups in total. The van der Waals surface area contributed by atoms with Crippen LogP contribution in [-0.4, -0.2) is 27.6 Å². The Morgan fingerprint density at radius 2 is 1.96 bits per heavy atom. The van der Waals surface area contributed by atoms with Gasteiger partial charge in [0.05, 0.1) is 16.3 Å². The van der Waals surface area contributed by atoms with E-state index < -0.39 is 10.0 Å². The van der Waals surface area contributed by atoms with Gasteiger partial charge in [0.1, 0.15) is 16.2 Å². The molecule has 4 heterocycles. The van der Waals surface area contributed by atoms with E-state index in [0.29, 0.717) is 28.5 Å². The quantitative estimate of drug-likeness (QED) is 0.567. The fourth-order valence-electron chi connectivity index (χ4n) is 3.15. The number of hydrogen-bond donors (Lipinski definition) is 1. The van der Waals surface area contributed by atoms with Crippen LogP contribution in [0.3, 0.4) is 0 Å². The second-order valence-corrected chi connectivity index (χ2v) is 9.01. The van der Waals surface area contributed by atoms with Gasteiger partial charge in [-0.25, -0.2) is 13.4 Å². The molecular formula is C18H19N5O2S2. The summed E-state index contributed by atoms with van der Waals surface area (Å²) in [6.45, 7) is 5.41. The number of aryl methyl sites for hydroxylation is 3. The number of rotatable bonds is 4. The molecule has 0 atom stereocenters. The average molecular weight is 402 g/mol. The van der Waals surface area contributed by atoms with Crippen molar-refractivity contribution in [2.45, 2.75) is 25.7 Å². The van der Waals surface area contributed by atoms with Gasteiger partial charge in [-0.1, -0.05) is 6.07 Å². The van der Waals surface area contributed by atoms with Crippen molar-refractivity contribution in [1.82, 2.24) is 19.2 Å². The lowest BCUT2D eigenvalue weighted by Gasteiger charge is -2.10. The molecule has 0 radical (unpaired) electrons. The molecule has 0 fully saturated rings. The second kappa shape index (κ2) is 6.21. The highest BCUT2D eigenvalue weighted by atomic mass is 32.2. The molecule has 0 spiro atoms. The third-order valence-electron chi connectivity index (χ3n) is 4.48. The number of thiophene rings is 1. The van der Waals surface area contributed by atoms with E-state index in [9.17, 15) is 8.42 Å². The molecule has 27 heavy (non-hydrogen) atoms. The molecule has 7 nitrogen and oxygen atoms in total. The van der Waals surface area contributed by atoms with Crippen LogP contribution in [0.15, 0.2) is 40.7 Å². The molecule has 0 aliphatic heterocycles. The number of pyridine rings is 1. The first-order chi connectivity index (χ1) is 12.8. The van der Waals surface area contributed by atoms with Crippen LogP contribution < -0.4 is 4.72 Å². The summed E-state index contributed by atoms with van der Waals surface area (Å²) in [6.07, 6.45) is 1.83. The van der Waals surface area contributed by atoms with Crippen LogP contribution in [0.1, 0.15) is 17.0 Å². The van der Waals surface area contributed by atoms with Crippen molar-refractivity contribution >= 4 is 32.8 Å². The topological polar surface area (TPSA) is 81.3 Å². The first-order valence-corrected chi connectivity index (χ1v) is 10.7. The van der Waals surface area contributed by atoms with Gasteiger partial charge in [0.2, 0.25) is 0 Å². The predicted octanol–water partition coefficient (Wildman–Crippen LogP) is 3.52. The van der Waals surface area contributed by atoms with Crippen LogP contribution in [0.5, 0.6) is 0 Å². The Labute approximate surface area is 161 Å². The highest BCUT2D eigenvalue weighted by molar-refractivity contribution is 7.92. The van der Waals surface area contributed by atoms with Crippen molar-refractivity contribution in [3.05, 3.63) is 52.8 Å². The van der Waals surface area contributed by atoms with E-state index in [2.05, 4.69) is 14.8 Å². The summed E-state index contributed by atoms with van der Waals surface area (Å²) in [7, 11) is -2.10. The average Bonchev–Trinajstić information content (AvgIpc) is 3.27. The van der Waals surface area contributed by atoms with Crippen molar-refractivity contribution < 1.29 is 8.42 Å². The van der Waals surface area contributed by atoms with E-state index in [1.165, 1.54) is 11.3 Å². The second-order valence-electron chi connectivity index (χ2n) is 6.45. The van der Waals surface area contributed by atoms with Gasteiger partial charge in [-0.3, -0.25) is 13.8 Å². The Kier molecular flexibility index (Phi) is 4.08. The summed E-state index contributed by atoms with van der Waals surface area (Å²) in [4.78, 5) is 5.76. The van der Waals surface area contributed by atoms with Crippen LogP contribution in [0.2, 0.25) is 0 Å². The van der Waals surface area contributed by atoms with E-state index in [0.717, 1.165) is 10.4 Å². The molecule has 0 saturated heterocycles. The number of aromatic nitrogens is 4. The maximum atomic E-state index is 13.2. The molecule has 0 aliphatic rings. The Balaban J connectivity index is 1.92. The van der Waals surface area contributed by atoms with E-state index in [1.54, 1.807) is 30.0 Å². The van der Waals surface area contributed by atoms with Crippen LogP contribution in [0.25, 0.3) is 16.2 Å². The largest absolute Gasteiger partial charge is 0.285 e. The van der Waals surface area contributed by atoms with Crippen LogP contribution >= 0.6 is 11.3 Å². The van der Waals surface area contributed by atoms with E-state index in [4.69, 9.17) is 0 Å². The van der Waals surface area contributed by atoms with Crippen molar-refractivity contribution in [3.63, 3.8) is 0 Å². The summed E-state index contributed by atoms with van der Waals surface area (Å²) >= 11 is 1.51. The van der Waals surface area contributed by atoms with Gasteiger partial charge in [-0.05, 0) is 49.9 Å². The summed E-state index contributed by atoms with van der Waals surface area (Å²) in [5.74, 6) is 0.426. The monoisotopic (exact) mass is 401 g/mol. The fraction of sp³-hybridized carbons (Fsp3) is 0.222. The number of nitrogens with one attached hydrogen (secondary N) is 1. The third-order valence-corrected chi connectivity index (χ3v) is 6.95. The Bertz CT molecular complexity index is 1250. The molecule has 0 unspecified atom stereocenters. The number of hydrogen-bond acceptors (Lipinski definition) is 5. The predicted molar refractivity (Wildman–Crippen MR) is 107 cm³/mol. The van der Waals surface area contributed by atoms with E-state index >= 15 is 0 Å². The van der Waals surface area contributed by atoms with Crippen LogP contribution in [-0.2, 0) is 17.1 Å². The highest BCUT2D eigenvalue weighted by Gasteiger charge is 2.27. The highest BCUT2D eigenvalue weighted by Crippen LogP contribution is 2.34. The van der Waals surface area contributed by atoms with Gasteiger partial charge in [-0.15, -0.1) is 11.3 Å². The van der Waals surface area contributed by atoms with E-state index in [-0.39, 0.29) is 4.90 Å². The maximum absolute atomic E-state index is 13.2. The standard InChI is InChI=1S/C18H19N5O2S2/c1-11-7-8-23-15(10-11)19-16(14-6-5-9-26-14)18(23)21-27(24,25)17-12(2)20-22(4)13(17)3/h5-10,21H,1-4H3. The van der Waals surface area contributed by atoms with E-state index in [1.807, 2.05) is 42.8 Å². The first-order valence-electron chi connectivity index (χ1n) is 8.33. The van der Waals surface area contributed by atoms with Gasteiger partial charge < -0.3 is 0 Å². The molecule has 9 heteroatoms. The Morgan fingerprint density at radius 1 is 1.19 bits per heavy atom. The normalized spacial score (nSPS) is 12.0. The zero-order valence-electron chi connectivity index (χ0n) is 15.4. The summed E-state index contributed by atoms with van der Waals surface area (Å²) in [5, 5.41) is 6.17. The molecule has 0 amide bonds. The minimum atomic E-state index is -3.83. The lowest BCUT2D eigenvalue weighted by atomic mass is 10.3. The number of nitrogens with zero attached hydrogens (tertiary/aromatic N) is 4. The minimum absolute atomic E-state index is 0.198. The number of anilines is 1. The summed E-state index contributed by atoms with van der Waals surface area (Å²) in [5.41, 5.74) is 3.40. The number of fused-ring (bicyclic) bond motifs is 1. The third kappa shape index (κ3) is 2.92. The van der Waals surface area contributed by atoms with Gasteiger partial charge in [0.25, 0.3) is 10.0 Å². The molecule has 0 aromatic carbocycles. The Morgan fingerprint density at radius 3 is 2.59 bits per heavy atom. The van der Waals surface area contributed by atoms with Gasteiger partial charge in [0.15, 0.2) is 5.82 Å². The SMILES string of the molecule is Cc1ccn2c(NS(=O)(=O)c3c(C)nn(C)c3C)c(-c3cccs3)nc2c1. The minimum Gasteiger partial charge on any atom is -0.285 e. The van der Waals surface area contributed by atoms with Gasteiger partial charge >= 0.3 is 0 Å². The number of imidazole rings is 1. The van der Waals surface area contributed by atoms with Crippen LogP contribution in [0, 0.1) is 20.8 Å². The van der Waals surface area contributed by atoms with Crippen molar-refractivity contribution in [3.8, 4) is 10.6 Å². The molecular weight excluding hydrogens is 382 g/mol. The van der Waals surface area contributed by atoms with Crippen molar-refractivity contribution in [1.29, 1.82) is 0 Å². The lowest BCUT2D eigenvalue weighted by molar-refractivity contribution is 0.599. The zero-order valence-corrected chi connectivity index (χ0v) is 17.0. The maximum Gasteiger partial charge on any atom is 0.266 e. The van der Waals surface area contributed by atoms with Crippen molar-refractivity contribution in [2.75, 3.05) is 4.72 Å². The molecule has 140 valence electrons. The molecule has 0 aliphatic carbocycles. The fourth-order valence-corrected chi connectivity index (χ4v) is 5.37. The Hall–Kier alpha value is -2.65. The first kappa shape index (κ1) is 17.7. The summed E-state index contributed by atoms with van der Waals surface area (Å²) in [6, 6.07) is 7.70. The molecule has 4 aromatic heterocycles. The van der Waals surface area contributed by atoms with Gasteiger partial charge in [0, 0.05) is 13.2 Å². The molecule has 4 aromatic rings. The summed E-state index contributed by atoms with van der Waals surface area (Å²) < 4.78 is 32.5. The lowest BCUT2D eigenvalue weighted by Crippen LogP contribution is -2.16. The van der Waals surface area contributed by atoms with Crippen molar-refractivity contribution in [2.24, 2.45) is 7.05 Å². The zero-order chi connectivity index (χ0) is 19.3. The van der Waals surface area contributed by atoms with Crippen LogP contribution in [0.4, 0.5) is 5.82 Å². The molecule has 4 rings (SSSR count). The molecule has 0 saturated carbocycles. The molecule has 0 bridgehead atoms. The smallest absolute Gasteiger partial charge is 0.266 e. The van der Waals surface area contributed by atoms with Gasteiger partial charge in [-0.2, -0.15) is 5.10 Å².